The summed E-state index contributed by atoms with van der Waals surface area (Å²) in [4.78, 5) is 17.9. The molecular weight excluding hydrogens is 250 g/mol. The van der Waals surface area contributed by atoms with Gasteiger partial charge in [0, 0.05) is 13.1 Å². The molecule has 0 aliphatic rings. The summed E-state index contributed by atoms with van der Waals surface area (Å²) in [6.45, 7) is 8.26. The highest BCUT2D eigenvalue weighted by Gasteiger charge is 2.28. The first kappa shape index (κ1) is 14.8. The van der Waals surface area contributed by atoms with E-state index in [0.717, 1.165) is 0 Å². The van der Waals surface area contributed by atoms with E-state index in [9.17, 15) is 4.79 Å². The maximum atomic E-state index is 12.4. The molecule has 1 aromatic heterocycles. The van der Waals surface area contributed by atoms with Crippen molar-refractivity contribution in [3.05, 3.63) is 23.0 Å². The van der Waals surface area contributed by atoms with E-state index in [1.165, 1.54) is 6.20 Å². The summed E-state index contributed by atoms with van der Waals surface area (Å²) in [5.41, 5.74) is 6.40. The third-order valence-corrected chi connectivity index (χ3v) is 3.55. The van der Waals surface area contributed by atoms with Gasteiger partial charge < -0.3 is 10.6 Å². The molecule has 1 heterocycles. The molecule has 0 aromatic carbocycles. The molecule has 0 aliphatic heterocycles. The molecule has 1 aromatic rings. The zero-order valence-corrected chi connectivity index (χ0v) is 12.2. The molecule has 0 spiro atoms. The predicted molar refractivity (Wildman–Crippen MR) is 74.7 cm³/mol. The molecule has 0 radical (unpaired) electrons. The fraction of sp³-hybridized carbons (Fsp3) is 0.538. The van der Waals surface area contributed by atoms with Crippen molar-refractivity contribution < 1.29 is 4.79 Å². The zero-order chi connectivity index (χ0) is 14.1. The number of hydrogen-bond acceptors (Lipinski definition) is 3. The van der Waals surface area contributed by atoms with Gasteiger partial charge >= 0.3 is 0 Å². The molecule has 1 rings (SSSR count). The molecule has 1 unspecified atom stereocenters. The molecule has 0 fully saturated rings. The van der Waals surface area contributed by atoms with Crippen molar-refractivity contribution in [3.8, 4) is 0 Å². The normalized spacial score (nSPS) is 13.2. The summed E-state index contributed by atoms with van der Waals surface area (Å²) in [7, 11) is 1.76. The number of rotatable bonds is 2. The van der Waals surface area contributed by atoms with E-state index in [-0.39, 0.29) is 22.5 Å². The van der Waals surface area contributed by atoms with Crippen LogP contribution in [0.25, 0.3) is 0 Å². The van der Waals surface area contributed by atoms with Crippen LogP contribution in [-0.4, -0.2) is 28.9 Å². The number of carbonyl (C=O) groups excluding carboxylic acids is 1. The number of amides is 1. The Kier molecular flexibility index (Phi) is 4.22. The van der Waals surface area contributed by atoms with Crippen LogP contribution in [0.3, 0.4) is 0 Å². The molecular formula is C13H20ClN3O. The van der Waals surface area contributed by atoms with E-state index in [1.807, 2.05) is 6.92 Å². The van der Waals surface area contributed by atoms with Crippen LogP contribution in [-0.2, 0) is 0 Å². The summed E-state index contributed by atoms with van der Waals surface area (Å²) in [5.74, 6) is -0.165. The van der Waals surface area contributed by atoms with Gasteiger partial charge in [0.15, 0.2) is 0 Å². The minimum atomic E-state index is -0.165. The van der Waals surface area contributed by atoms with Gasteiger partial charge in [-0.3, -0.25) is 4.79 Å². The van der Waals surface area contributed by atoms with E-state index in [1.54, 1.807) is 18.0 Å². The van der Waals surface area contributed by atoms with Gasteiger partial charge in [0.05, 0.1) is 17.4 Å². The van der Waals surface area contributed by atoms with Crippen LogP contribution < -0.4 is 5.73 Å². The lowest BCUT2D eigenvalue weighted by Gasteiger charge is -2.35. The SMILES string of the molecule is CC(N(C)C(=O)c1cc(N)cnc1Cl)C(C)(C)C. The topological polar surface area (TPSA) is 59.2 Å². The van der Waals surface area contributed by atoms with Crippen molar-refractivity contribution in [2.24, 2.45) is 5.41 Å². The van der Waals surface area contributed by atoms with Gasteiger partial charge in [-0.25, -0.2) is 4.98 Å². The van der Waals surface area contributed by atoms with Crippen LogP contribution >= 0.6 is 11.6 Å². The van der Waals surface area contributed by atoms with E-state index < -0.39 is 0 Å². The van der Waals surface area contributed by atoms with Crippen LogP contribution in [0, 0.1) is 5.41 Å². The molecule has 1 atom stereocenters. The second-order valence-corrected chi connectivity index (χ2v) is 5.92. The number of aromatic nitrogens is 1. The lowest BCUT2D eigenvalue weighted by Crippen LogP contribution is -2.43. The number of pyridine rings is 1. The quantitative estimate of drug-likeness (QED) is 0.840. The average molecular weight is 270 g/mol. The molecule has 5 heteroatoms. The van der Waals surface area contributed by atoms with Crippen molar-refractivity contribution in [2.75, 3.05) is 12.8 Å². The Labute approximate surface area is 113 Å². The van der Waals surface area contributed by atoms with Crippen molar-refractivity contribution in [1.82, 2.24) is 9.88 Å². The van der Waals surface area contributed by atoms with Gasteiger partial charge in [-0.05, 0) is 18.4 Å². The number of halogens is 1. The van der Waals surface area contributed by atoms with Crippen molar-refractivity contribution in [1.29, 1.82) is 0 Å². The molecule has 100 valence electrons. The van der Waals surface area contributed by atoms with Gasteiger partial charge in [0.2, 0.25) is 0 Å². The second kappa shape index (κ2) is 5.14. The fourth-order valence-corrected chi connectivity index (χ4v) is 1.75. The van der Waals surface area contributed by atoms with Crippen LogP contribution in [0.15, 0.2) is 12.3 Å². The van der Waals surface area contributed by atoms with Gasteiger partial charge in [-0.1, -0.05) is 32.4 Å². The summed E-state index contributed by atoms with van der Waals surface area (Å²) < 4.78 is 0. The van der Waals surface area contributed by atoms with Gasteiger partial charge in [0.1, 0.15) is 5.15 Å². The Morgan fingerprint density at radius 2 is 2.06 bits per heavy atom. The first-order chi connectivity index (χ1) is 8.14. The molecule has 1 amide bonds. The van der Waals surface area contributed by atoms with Gasteiger partial charge in [-0.15, -0.1) is 0 Å². The Balaban J connectivity index is 3.04. The Hall–Kier alpha value is -1.29. The van der Waals surface area contributed by atoms with Crippen molar-refractivity contribution in [2.45, 2.75) is 33.7 Å². The summed E-state index contributed by atoms with van der Waals surface area (Å²) in [6, 6.07) is 1.63. The standard InChI is InChI=1S/C13H20ClN3O/c1-8(13(2,3)4)17(5)12(18)10-6-9(15)7-16-11(10)14/h6-8H,15H2,1-5H3. The zero-order valence-electron chi connectivity index (χ0n) is 11.5. The number of carbonyl (C=O) groups is 1. The largest absolute Gasteiger partial charge is 0.397 e. The van der Waals surface area contributed by atoms with E-state index >= 15 is 0 Å². The number of anilines is 1. The third kappa shape index (κ3) is 3.13. The molecule has 2 N–H and O–H groups in total. The van der Waals surface area contributed by atoms with Crippen LogP contribution in [0.4, 0.5) is 5.69 Å². The smallest absolute Gasteiger partial charge is 0.257 e. The maximum Gasteiger partial charge on any atom is 0.257 e. The predicted octanol–water partition coefficient (Wildman–Crippen LogP) is 2.82. The maximum absolute atomic E-state index is 12.4. The second-order valence-electron chi connectivity index (χ2n) is 5.57. The highest BCUT2D eigenvalue weighted by Crippen LogP contribution is 2.25. The highest BCUT2D eigenvalue weighted by molar-refractivity contribution is 6.32. The Morgan fingerprint density at radius 1 is 1.50 bits per heavy atom. The number of hydrogen-bond donors (Lipinski definition) is 1. The van der Waals surface area contributed by atoms with E-state index in [2.05, 4.69) is 25.8 Å². The number of nitrogens with zero attached hydrogens (tertiary/aromatic N) is 2. The minimum Gasteiger partial charge on any atom is -0.397 e. The first-order valence-corrected chi connectivity index (χ1v) is 6.20. The number of nitrogen functional groups attached to an aromatic ring is 1. The molecule has 0 saturated heterocycles. The van der Waals surface area contributed by atoms with Crippen molar-refractivity contribution in [3.63, 3.8) is 0 Å². The molecule has 0 bridgehead atoms. The minimum absolute atomic E-state index is 0.00929. The first-order valence-electron chi connectivity index (χ1n) is 5.82. The summed E-state index contributed by atoms with van der Waals surface area (Å²) >= 11 is 5.94. The average Bonchev–Trinajstić information content (AvgIpc) is 2.28. The highest BCUT2D eigenvalue weighted by atomic mass is 35.5. The number of nitrogens with two attached hydrogens (primary N) is 1. The summed E-state index contributed by atoms with van der Waals surface area (Å²) in [6.07, 6.45) is 1.44. The van der Waals surface area contributed by atoms with Gasteiger partial charge in [0.25, 0.3) is 5.91 Å². The Morgan fingerprint density at radius 3 is 2.56 bits per heavy atom. The molecule has 18 heavy (non-hydrogen) atoms. The lowest BCUT2D eigenvalue weighted by molar-refractivity contribution is 0.0629. The molecule has 0 aliphatic carbocycles. The van der Waals surface area contributed by atoms with Crippen LogP contribution in [0.2, 0.25) is 5.15 Å². The fourth-order valence-electron chi connectivity index (χ4n) is 1.56. The van der Waals surface area contributed by atoms with Crippen LogP contribution in [0.1, 0.15) is 38.1 Å². The molecule has 0 saturated carbocycles. The summed E-state index contributed by atoms with van der Waals surface area (Å²) in [5, 5.41) is 0.183. The third-order valence-electron chi connectivity index (χ3n) is 3.25. The van der Waals surface area contributed by atoms with E-state index in [4.69, 9.17) is 17.3 Å². The van der Waals surface area contributed by atoms with Crippen LogP contribution in [0.5, 0.6) is 0 Å². The Bertz CT molecular complexity index is 454. The molecule has 4 nitrogen and oxygen atoms in total. The lowest BCUT2D eigenvalue weighted by atomic mass is 9.87. The van der Waals surface area contributed by atoms with Crippen molar-refractivity contribution >= 4 is 23.2 Å². The van der Waals surface area contributed by atoms with Gasteiger partial charge in [-0.2, -0.15) is 0 Å². The monoisotopic (exact) mass is 269 g/mol. The van der Waals surface area contributed by atoms with E-state index in [0.29, 0.717) is 11.3 Å².